The number of guanidine groups is 2. The third-order valence-electron chi connectivity index (χ3n) is 15.6. The molecule has 13 amide bonds. The first-order valence-corrected chi connectivity index (χ1v) is 34.2. The van der Waals surface area contributed by atoms with E-state index in [0.29, 0.717) is 5.56 Å². The van der Waals surface area contributed by atoms with Crippen molar-refractivity contribution in [1.29, 1.82) is 10.8 Å². The second-order valence-corrected chi connectivity index (χ2v) is 25.0. The first-order valence-electron chi connectivity index (χ1n) is 33.0. The highest BCUT2D eigenvalue weighted by Gasteiger charge is 2.41. The first kappa shape index (κ1) is 90.5. The minimum atomic E-state index is -2.14. The van der Waals surface area contributed by atoms with Crippen LogP contribution in [-0.2, 0) is 87.9 Å². The summed E-state index contributed by atoms with van der Waals surface area (Å²) in [4.78, 5) is 224. The van der Waals surface area contributed by atoms with Crippen LogP contribution in [0.5, 0.6) is 0 Å². The second kappa shape index (κ2) is 46.9. The van der Waals surface area contributed by atoms with E-state index in [2.05, 4.69) is 94.4 Å². The highest BCUT2D eigenvalue weighted by Crippen LogP contribution is 2.20. The Kier molecular flexibility index (Phi) is 40.4. The number of nitrogens with zero attached hydrogens (tertiary/aromatic N) is 1. The van der Waals surface area contributed by atoms with Crippen LogP contribution in [0.25, 0.3) is 0 Å². The van der Waals surface area contributed by atoms with Crippen molar-refractivity contribution in [3.05, 3.63) is 35.9 Å². The fourth-order valence-corrected chi connectivity index (χ4v) is 10.5. The Balaban J connectivity index is 2.16. The molecule has 1 heterocycles. The van der Waals surface area contributed by atoms with Crippen molar-refractivity contribution in [3.8, 4) is 0 Å². The Morgan fingerprint density at radius 2 is 0.971 bits per heavy atom. The predicted molar refractivity (Wildman–Crippen MR) is 375 cm³/mol. The maximum atomic E-state index is 14.2. The van der Waals surface area contributed by atoms with Gasteiger partial charge < -0.3 is 122 Å². The van der Waals surface area contributed by atoms with E-state index in [9.17, 15) is 107 Å². The number of hydrogen-bond donors (Lipinski definition) is 26. The van der Waals surface area contributed by atoms with E-state index in [1.807, 2.05) is 5.32 Å². The van der Waals surface area contributed by atoms with E-state index in [4.69, 9.17) is 28.0 Å². The van der Waals surface area contributed by atoms with Crippen molar-refractivity contribution < 1.29 is 107 Å². The second-order valence-electron chi connectivity index (χ2n) is 24.3. The van der Waals surface area contributed by atoms with Gasteiger partial charge in [-0.15, -0.1) is 0 Å². The molecule has 1 saturated heterocycles. The quantitative estimate of drug-likeness (QED) is 0.0125. The van der Waals surface area contributed by atoms with E-state index in [1.54, 1.807) is 44.2 Å². The number of amides is 13. The molecule has 584 valence electrons. The van der Waals surface area contributed by atoms with Crippen molar-refractivity contribution in [2.45, 2.75) is 170 Å². The zero-order valence-electron chi connectivity index (χ0n) is 57.8. The Morgan fingerprint density at radius 3 is 1.47 bits per heavy atom. The first-order chi connectivity index (χ1) is 49.4. The van der Waals surface area contributed by atoms with Gasteiger partial charge in [-0.2, -0.15) is 25.3 Å². The fourth-order valence-electron chi connectivity index (χ4n) is 9.96. The Morgan fingerprint density at radius 1 is 0.514 bits per heavy atom. The molecule has 0 bridgehead atoms. The van der Waals surface area contributed by atoms with Gasteiger partial charge in [0.25, 0.3) is 0 Å². The molecule has 0 saturated carbocycles. The van der Waals surface area contributed by atoms with Crippen LogP contribution in [0.3, 0.4) is 0 Å². The van der Waals surface area contributed by atoms with Crippen molar-refractivity contribution in [2.24, 2.45) is 23.1 Å². The Hall–Kier alpha value is -10.6. The van der Waals surface area contributed by atoms with E-state index < -0.39 is 248 Å². The molecule has 27 N–H and O–H groups in total. The Bertz CT molecular complexity index is 3270. The molecule has 1 aromatic carbocycles. The number of aliphatic hydroxyl groups is 1. The largest absolute Gasteiger partial charge is 0.481 e. The van der Waals surface area contributed by atoms with Gasteiger partial charge in [0.2, 0.25) is 76.8 Å². The third kappa shape index (κ3) is 34.0. The van der Waals surface area contributed by atoms with Crippen LogP contribution in [-0.4, -0.2) is 266 Å². The summed E-state index contributed by atoms with van der Waals surface area (Å²) in [6.07, 6.45) is -3.68. The van der Waals surface area contributed by atoms with Gasteiger partial charge in [0.05, 0.1) is 32.2 Å². The number of aliphatic hydroxyl groups excluding tert-OH is 1. The molecule has 2 rings (SSSR count). The minimum Gasteiger partial charge on any atom is -0.481 e. The van der Waals surface area contributed by atoms with Crippen molar-refractivity contribution in [2.75, 3.05) is 50.8 Å². The molecule has 105 heavy (non-hydrogen) atoms. The molecule has 42 nitrogen and oxygen atoms in total. The topological polar surface area (TPSA) is 689 Å². The number of carboxylic acid groups (broad SMARTS) is 4. The number of hydrogen-bond acceptors (Lipinski definition) is 23. The van der Waals surface area contributed by atoms with Crippen molar-refractivity contribution >= 4 is 138 Å². The summed E-state index contributed by atoms with van der Waals surface area (Å²) in [5.74, 6) is -21.8. The molecule has 12 atom stereocenters. The molecule has 0 spiro atoms. The minimum absolute atomic E-state index is 0.0531. The molecule has 1 aliphatic rings. The summed E-state index contributed by atoms with van der Waals surface area (Å²) in [6, 6.07) is -10.4. The average Bonchev–Trinajstić information content (AvgIpc) is 1.74. The summed E-state index contributed by atoms with van der Waals surface area (Å²) in [5.41, 5.74) is 17.3. The third-order valence-corrected chi connectivity index (χ3v) is 16.3. The van der Waals surface area contributed by atoms with Gasteiger partial charge in [-0.05, 0) is 69.8 Å². The molecule has 0 aromatic heterocycles. The maximum absolute atomic E-state index is 14.2. The number of nitrogens with two attached hydrogens (primary N) is 3. The van der Waals surface area contributed by atoms with Gasteiger partial charge >= 0.3 is 23.9 Å². The lowest BCUT2D eigenvalue weighted by molar-refractivity contribution is -0.143. The molecule has 44 heteroatoms. The zero-order valence-corrected chi connectivity index (χ0v) is 59.6. The molecular formula is C61H96N20O22S2. The van der Waals surface area contributed by atoms with Gasteiger partial charge in [0, 0.05) is 50.4 Å². The molecular weight excluding hydrogens is 1430 g/mol. The molecule has 0 aliphatic carbocycles. The summed E-state index contributed by atoms with van der Waals surface area (Å²) in [6.45, 7) is 1.73. The monoisotopic (exact) mass is 1520 g/mol. The van der Waals surface area contributed by atoms with Crippen LogP contribution in [0.15, 0.2) is 30.3 Å². The van der Waals surface area contributed by atoms with Gasteiger partial charge in [-0.25, -0.2) is 4.79 Å². The summed E-state index contributed by atoms with van der Waals surface area (Å²) in [7, 11) is 0. The van der Waals surface area contributed by atoms with Gasteiger partial charge in [0.15, 0.2) is 11.9 Å². The average molecular weight is 1530 g/mol. The lowest BCUT2D eigenvalue weighted by atomic mass is 10.0. The lowest BCUT2D eigenvalue weighted by Crippen LogP contribution is -2.61. The van der Waals surface area contributed by atoms with Crippen molar-refractivity contribution in [3.63, 3.8) is 0 Å². The number of likely N-dealkylation sites (tertiary alicyclic amines) is 1. The summed E-state index contributed by atoms with van der Waals surface area (Å²) in [5, 5.41) is 96.1. The number of benzene rings is 1. The van der Waals surface area contributed by atoms with E-state index >= 15 is 0 Å². The Labute approximate surface area is 612 Å². The van der Waals surface area contributed by atoms with Crippen LogP contribution in [0, 0.1) is 16.7 Å². The number of carbonyl (C=O) groups excluding carboxylic acids is 13. The van der Waals surface area contributed by atoms with Crippen LogP contribution in [0.1, 0.15) is 97.0 Å². The van der Waals surface area contributed by atoms with Gasteiger partial charge in [-0.3, -0.25) is 87.5 Å². The van der Waals surface area contributed by atoms with Crippen molar-refractivity contribution in [1.82, 2.24) is 79.3 Å². The highest BCUT2D eigenvalue weighted by molar-refractivity contribution is 7.80. The number of rotatable bonds is 48. The van der Waals surface area contributed by atoms with Crippen LogP contribution in [0.4, 0.5) is 0 Å². The predicted octanol–water partition coefficient (Wildman–Crippen LogP) is -9.03. The van der Waals surface area contributed by atoms with Crippen LogP contribution < -0.4 is 91.6 Å². The molecule has 1 aliphatic heterocycles. The lowest BCUT2D eigenvalue weighted by Gasteiger charge is -2.30. The molecule has 1 fully saturated rings. The highest BCUT2D eigenvalue weighted by atomic mass is 32.1. The number of carboxylic acids is 4. The standard InChI is InChI=1S/C61H96N20O22S2/c1-29(2)47(57(100)76-37(59(102)103)22-31-10-5-4-6-11-31)80-43(84)25-69-48(91)30(3)71-42(83)24-70-50(93)39(27-104)78-52(95)34(15-17-44(85)86)74-54(97)36(23-46(89)90)75-55(98)38(26-82)77-56(99)41-14-9-21-81(41)58(101)40(28-105)79-53(96)35(16-18-45(87)88)73-51(94)33(13-8-20-68-61(65)66)72-49(92)32(62)12-7-19-67-60(63)64/h4-6,10-11,29-30,32-41,47,82,104-105H,7-9,12-28,62H2,1-3H3,(H,69,91)(H,70,93)(H,71,83)(H,72,92)(H,73,94)(H,74,97)(H,75,98)(H,76,100)(H,77,99)(H,78,95)(H,79,96)(H,80,84)(H,85,86)(H,87,88)(H,89,90)(H,102,103)(H4,63,64,67)(H4,65,66,68)/t30-,32-,33-,34-,35-,36-,37-,38-,39-,40-,41-,47-/m0/s1. The maximum Gasteiger partial charge on any atom is 0.326 e. The van der Waals surface area contributed by atoms with Crippen LogP contribution >= 0.6 is 25.3 Å². The van der Waals surface area contributed by atoms with E-state index in [0.717, 1.165) is 4.90 Å². The molecule has 0 radical (unpaired) electrons. The van der Waals surface area contributed by atoms with Gasteiger partial charge in [0.1, 0.15) is 66.5 Å². The number of nitrogens with one attached hydrogen (secondary N) is 16. The fraction of sp³-hybridized carbons (Fsp3) is 0.590. The van der Waals surface area contributed by atoms with Gasteiger partial charge in [-0.1, -0.05) is 44.2 Å². The smallest absolute Gasteiger partial charge is 0.326 e. The number of aliphatic carboxylic acids is 4. The SMILES string of the molecule is CC(C)[C@H](NC(=O)CNC(=O)[C@H](C)NC(=O)CNC(=O)[C@H](CS)NC(=O)[C@H](CCC(=O)O)NC(=O)[C@H](CC(=O)O)NC(=O)[C@H](CO)NC(=O)[C@@H]1CCCN1C(=O)[C@H](CS)NC(=O)[C@H](CCC(=O)O)NC(=O)[C@H](CCCNC(=N)N)NC(=O)[C@@H](N)CCCNC(=N)N)C(=O)N[C@@H](Cc1ccccc1)C(=O)O. The summed E-state index contributed by atoms with van der Waals surface area (Å²) < 4.78 is 0. The van der Waals surface area contributed by atoms with Crippen LogP contribution in [0.2, 0.25) is 0 Å². The molecule has 0 unspecified atom stereocenters. The summed E-state index contributed by atoms with van der Waals surface area (Å²) >= 11 is 8.26. The number of carbonyl (C=O) groups is 17. The zero-order chi connectivity index (χ0) is 79.2. The molecule has 1 aromatic rings. The normalized spacial score (nSPS) is 15.5. The number of thiol groups is 2. The van der Waals surface area contributed by atoms with E-state index in [1.165, 1.54) is 6.92 Å². The van der Waals surface area contributed by atoms with E-state index in [-0.39, 0.29) is 70.5 Å².